The molecule has 21 heavy (non-hydrogen) atoms. The molecule has 0 bridgehead atoms. The molecule has 0 aliphatic heterocycles. The molecule has 3 heteroatoms. The van der Waals surface area contributed by atoms with Crippen LogP contribution in [0, 0.1) is 0 Å². The number of carbonyl (C=O) groups is 1. The summed E-state index contributed by atoms with van der Waals surface area (Å²) in [7, 11) is 0. The summed E-state index contributed by atoms with van der Waals surface area (Å²) < 4.78 is 0. The van der Waals surface area contributed by atoms with Gasteiger partial charge < -0.3 is 10.2 Å². The molecule has 3 nitrogen and oxygen atoms in total. The average molecular weight is 290 g/mol. The lowest BCUT2D eigenvalue weighted by Gasteiger charge is -2.29. The SMILES string of the molecule is CCC(C)N(Cc1ccccc1)C(=O)CCCNC(C)C. The van der Waals surface area contributed by atoms with Crippen LogP contribution in [-0.2, 0) is 11.3 Å². The molecule has 0 spiro atoms. The van der Waals surface area contributed by atoms with Crippen LogP contribution in [0.5, 0.6) is 0 Å². The van der Waals surface area contributed by atoms with Crippen LogP contribution in [0.4, 0.5) is 0 Å². The quantitative estimate of drug-likeness (QED) is 0.705. The summed E-state index contributed by atoms with van der Waals surface area (Å²) in [6.45, 7) is 10.1. The van der Waals surface area contributed by atoms with Crippen molar-refractivity contribution in [2.45, 2.75) is 65.6 Å². The zero-order chi connectivity index (χ0) is 15.7. The Morgan fingerprint density at radius 3 is 2.43 bits per heavy atom. The van der Waals surface area contributed by atoms with Crippen molar-refractivity contribution in [3.63, 3.8) is 0 Å². The van der Waals surface area contributed by atoms with Crippen LogP contribution >= 0.6 is 0 Å². The Balaban J connectivity index is 2.54. The predicted octanol–water partition coefficient (Wildman–Crippen LogP) is 3.59. The molecule has 1 aromatic rings. The maximum Gasteiger partial charge on any atom is 0.223 e. The second kappa shape index (κ2) is 9.56. The van der Waals surface area contributed by atoms with E-state index < -0.39 is 0 Å². The summed E-state index contributed by atoms with van der Waals surface area (Å²) in [5.41, 5.74) is 1.20. The Morgan fingerprint density at radius 2 is 1.86 bits per heavy atom. The van der Waals surface area contributed by atoms with Crippen molar-refractivity contribution >= 4 is 5.91 Å². The number of nitrogens with zero attached hydrogens (tertiary/aromatic N) is 1. The summed E-state index contributed by atoms with van der Waals surface area (Å²) in [4.78, 5) is 14.5. The predicted molar refractivity (Wildman–Crippen MR) is 89.1 cm³/mol. The van der Waals surface area contributed by atoms with E-state index in [0.717, 1.165) is 19.4 Å². The molecule has 118 valence electrons. The van der Waals surface area contributed by atoms with Crippen molar-refractivity contribution in [1.29, 1.82) is 0 Å². The van der Waals surface area contributed by atoms with Crippen LogP contribution in [0.2, 0.25) is 0 Å². The maximum atomic E-state index is 12.5. The van der Waals surface area contributed by atoms with E-state index in [1.165, 1.54) is 5.56 Å². The van der Waals surface area contributed by atoms with Crippen LogP contribution in [0.1, 0.15) is 52.5 Å². The second-order valence-electron chi connectivity index (χ2n) is 5.98. The van der Waals surface area contributed by atoms with Gasteiger partial charge in [0.25, 0.3) is 0 Å². The van der Waals surface area contributed by atoms with Gasteiger partial charge in [0, 0.05) is 25.0 Å². The summed E-state index contributed by atoms with van der Waals surface area (Å²) in [5, 5.41) is 3.36. The van der Waals surface area contributed by atoms with Gasteiger partial charge in [0.1, 0.15) is 0 Å². The molecule has 0 heterocycles. The topological polar surface area (TPSA) is 32.3 Å². The van der Waals surface area contributed by atoms with E-state index >= 15 is 0 Å². The molecule has 1 unspecified atom stereocenters. The van der Waals surface area contributed by atoms with Gasteiger partial charge in [-0.05, 0) is 31.9 Å². The van der Waals surface area contributed by atoms with Gasteiger partial charge in [-0.2, -0.15) is 0 Å². The number of amides is 1. The maximum absolute atomic E-state index is 12.5. The summed E-state index contributed by atoms with van der Waals surface area (Å²) >= 11 is 0. The molecule has 0 radical (unpaired) electrons. The Kier molecular flexibility index (Phi) is 8.06. The number of nitrogens with one attached hydrogen (secondary N) is 1. The van der Waals surface area contributed by atoms with E-state index in [0.29, 0.717) is 19.0 Å². The zero-order valence-electron chi connectivity index (χ0n) is 13.9. The standard InChI is InChI=1S/C18H30N2O/c1-5-16(4)20(14-17-10-7-6-8-11-17)18(21)12-9-13-19-15(2)3/h6-8,10-11,15-16,19H,5,9,12-14H2,1-4H3. The highest BCUT2D eigenvalue weighted by molar-refractivity contribution is 5.76. The van der Waals surface area contributed by atoms with Gasteiger partial charge in [0.05, 0.1) is 0 Å². The van der Waals surface area contributed by atoms with E-state index in [1.807, 2.05) is 23.1 Å². The van der Waals surface area contributed by atoms with Crippen molar-refractivity contribution in [3.05, 3.63) is 35.9 Å². The summed E-state index contributed by atoms with van der Waals surface area (Å²) in [5.74, 6) is 0.263. The number of rotatable bonds is 9. The first-order valence-electron chi connectivity index (χ1n) is 8.11. The second-order valence-corrected chi connectivity index (χ2v) is 5.98. The Bertz CT molecular complexity index is 403. The monoisotopic (exact) mass is 290 g/mol. The molecule has 1 atom stereocenters. The fourth-order valence-corrected chi connectivity index (χ4v) is 2.26. The molecule has 0 saturated carbocycles. The minimum Gasteiger partial charge on any atom is -0.336 e. The van der Waals surface area contributed by atoms with E-state index in [2.05, 4.69) is 45.1 Å². The highest BCUT2D eigenvalue weighted by atomic mass is 16.2. The molecule has 1 rings (SSSR count). The minimum atomic E-state index is 0.263. The molecule has 1 amide bonds. The fourth-order valence-electron chi connectivity index (χ4n) is 2.26. The number of carbonyl (C=O) groups excluding carboxylic acids is 1. The third-order valence-electron chi connectivity index (χ3n) is 3.76. The van der Waals surface area contributed by atoms with Crippen LogP contribution in [-0.4, -0.2) is 29.4 Å². The van der Waals surface area contributed by atoms with Crippen LogP contribution in [0.15, 0.2) is 30.3 Å². The highest BCUT2D eigenvalue weighted by Crippen LogP contribution is 2.13. The van der Waals surface area contributed by atoms with Crippen molar-refractivity contribution in [1.82, 2.24) is 10.2 Å². The molecule has 0 fully saturated rings. The summed E-state index contributed by atoms with van der Waals surface area (Å²) in [6.07, 6.45) is 2.51. The minimum absolute atomic E-state index is 0.263. The van der Waals surface area contributed by atoms with E-state index in [1.54, 1.807) is 0 Å². The Labute approximate surface area is 129 Å². The van der Waals surface area contributed by atoms with Crippen LogP contribution < -0.4 is 5.32 Å². The molecule has 0 aliphatic carbocycles. The molecule has 1 N–H and O–H groups in total. The lowest BCUT2D eigenvalue weighted by Crippen LogP contribution is -2.38. The van der Waals surface area contributed by atoms with Gasteiger partial charge in [-0.1, -0.05) is 51.1 Å². The van der Waals surface area contributed by atoms with Gasteiger partial charge >= 0.3 is 0 Å². The highest BCUT2D eigenvalue weighted by Gasteiger charge is 2.18. The van der Waals surface area contributed by atoms with Crippen LogP contribution in [0.25, 0.3) is 0 Å². The molecule has 1 aromatic carbocycles. The van der Waals surface area contributed by atoms with Gasteiger partial charge in [-0.15, -0.1) is 0 Å². The first-order chi connectivity index (χ1) is 10.0. The normalized spacial score (nSPS) is 12.4. The average Bonchev–Trinajstić information content (AvgIpc) is 2.49. The zero-order valence-corrected chi connectivity index (χ0v) is 13.9. The Hall–Kier alpha value is -1.35. The van der Waals surface area contributed by atoms with E-state index in [4.69, 9.17) is 0 Å². The largest absolute Gasteiger partial charge is 0.336 e. The number of hydrogen-bond donors (Lipinski definition) is 1. The van der Waals surface area contributed by atoms with Gasteiger partial charge in [-0.3, -0.25) is 4.79 Å². The van der Waals surface area contributed by atoms with Crippen LogP contribution in [0.3, 0.4) is 0 Å². The molecular formula is C18H30N2O. The van der Waals surface area contributed by atoms with Gasteiger partial charge in [0.2, 0.25) is 5.91 Å². The Morgan fingerprint density at radius 1 is 1.19 bits per heavy atom. The lowest BCUT2D eigenvalue weighted by atomic mass is 10.1. The van der Waals surface area contributed by atoms with Crippen molar-refractivity contribution in [2.24, 2.45) is 0 Å². The molecule has 0 aliphatic rings. The first kappa shape index (κ1) is 17.7. The van der Waals surface area contributed by atoms with Gasteiger partial charge in [-0.25, -0.2) is 0 Å². The summed E-state index contributed by atoms with van der Waals surface area (Å²) in [6, 6.07) is 11.0. The van der Waals surface area contributed by atoms with Crippen molar-refractivity contribution in [2.75, 3.05) is 6.54 Å². The molecular weight excluding hydrogens is 260 g/mol. The molecule has 0 aromatic heterocycles. The van der Waals surface area contributed by atoms with Crippen molar-refractivity contribution in [3.8, 4) is 0 Å². The fraction of sp³-hybridized carbons (Fsp3) is 0.611. The number of hydrogen-bond acceptors (Lipinski definition) is 2. The first-order valence-corrected chi connectivity index (χ1v) is 8.11. The third-order valence-corrected chi connectivity index (χ3v) is 3.76. The number of benzene rings is 1. The van der Waals surface area contributed by atoms with Crippen molar-refractivity contribution < 1.29 is 4.79 Å². The van der Waals surface area contributed by atoms with Gasteiger partial charge in [0.15, 0.2) is 0 Å². The smallest absolute Gasteiger partial charge is 0.223 e. The van der Waals surface area contributed by atoms with E-state index in [-0.39, 0.29) is 11.9 Å². The third kappa shape index (κ3) is 6.76. The lowest BCUT2D eigenvalue weighted by molar-refractivity contribution is -0.134. The molecule has 0 saturated heterocycles. The van der Waals surface area contributed by atoms with E-state index in [9.17, 15) is 4.79 Å².